The second kappa shape index (κ2) is 5.71. The molecule has 1 aromatic rings. The number of rotatable bonds is 2. The molecule has 0 heterocycles. The highest BCUT2D eigenvalue weighted by Gasteiger charge is 2.61. The first-order valence-corrected chi connectivity index (χ1v) is 5.33. The second-order valence-corrected chi connectivity index (χ2v) is 4.48. The molecule has 1 rings (SSSR count). The summed E-state index contributed by atoms with van der Waals surface area (Å²) in [5.41, 5.74) is 5.46. The van der Waals surface area contributed by atoms with Crippen molar-refractivity contribution in [2.45, 2.75) is 25.1 Å². The number of nitrogens with two attached hydrogens (primary N) is 1. The lowest BCUT2D eigenvalue weighted by molar-refractivity contribution is -0.291. The maximum atomic E-state index is 13.0. The van der Waals surface area contributed by atoms with E-state index in [0.29, 0.717) is 0 Å². The van der Waals surface area contributed by atoms with E-state index in [-0.39, 0.29) is 22.4 Å². The van der Waals surface area contributed by atoms with Crippen LogP contribution in [0.5, 0.6) is 0 Å². The maximum Gasteiger partial charge on any atom is 0.455 e. The fourth-order valence-corrected chi connectivity index (χ4v) is 2.00. The molecule has 0 unspecified atom stereocenters. The molecule has 0 fully saturated rings. The van der Waals surface area contributed by atoms with Gasteiger partial charge in [-0.25, -0.2) is 0 Å². The third-order valence-electron chi connectivity index (χ3n) is 2.26. The minimum Gasteiger partial charge on any atom is -0.319 e. The molecular formula is C10H10BrClF5N. The molecule has 0 bridgehead atoms. The third-order valence-corrected chi connectivity index (χ3v) is 2.95. The summed E-state index contributed by atoms with van der Waals surface area (Å²) in [5.74, 6) is -4.97. The van der Waals surface area contributed by atoms with Gasteiger partial charge in [0.2, 0.25) is 0 Å². The molecular weight excluding hydrogens is 344 g/mol. The van der Waals surface area contributed by atoms with Crippen LogP contribution in [0.25, 0.3) is 0 Å². The van der Waals surface area contributed by atoms with E-state index in [1.165, 1.54) is 12.1 Å². The Labute approximate surface area is 115 Å². The second-order valence-electron chi connectivity index (χ2n) is 3.62. The van der Waals surface area contributed by atoms with Crippen LogP contribution < -0.4 is 5.73 Å². The normalized spacial score (nSPS) is 14.0. The molecule has 1 aromatic carbocycles. The molecule has 0 saturated carbocycles. The number of aryl methyl sites for hydroxylation is 1. The molecule has 8 heteroatoms. The van der Waals surface area contributed by atoms with E-state index in [9.17, 15) is 22.0 Å². The van der Waals surface area contributed by atoms with Crippen molar-refractivity contribution in [1.29, 1.82) is 0 Å². The minimum atomic E-state index is -5.67. The van der Waals surface area contributed by atoms with Crippen LogP contribution in [0.2, 0.25) is 0 Å². The van der Waals surface area contributed by atoms with Gasteiger partial charge in [0.15, 0.2) is 0 Å². The number of hydrogen-bond donors (Lipinski definition) is 1. The van der Waals surface area contributed by atoms with Crippen molar-refractivity contribution < 1.29 is 22.0 Å². The van der Waals surface area contributed by atoms with E-state index in [1.54, 1.807) is 6.92 Å². The average molecular weight is 355 g/mol. The molecule has 18 heavy (non-hydrogen) atoms. The predicted molar refractivity (Wildman–Crippen MR) is 64.1 cm³/mol. The van der Waals surface area contributed by atoms with Gasteiger partial charge in [-0.2, -0.15) is 22.0 Å². The van der Waals surface area contributed by atoms with Crippen molar-refractivity contribution in [3.63, 3.8) is 0 Å². The van der Waals surface area contributed by atoms with Gasteiger partial charge in [0.1, 0.15) is 6.04 Å². The van der Waals surface area contributed by atoms with Crippen LogP contribution in [-0.4, -0.2) is 12.1 Å². The highest BCUT2D eigenvalue weighted by Crippen LogP contribution is 2.44. The molecule has 0 aromatic heterocycles. The van der Waals surface area contributed by atoms with E-state index < -0.39 is 18.1 Å². The summed E-state index contributed by atoms with van der Waals surface area (Å²) >= 11 is 2.93. The van der Waals surface area contributed by atoms with Crippen LogP contribution in [0.3, 0.4) is 0 Å². The summed E-state index contributed by atoms with van der Waals surface area (Å²) < 4.78 is 62.6. The largest absolute Gasteiger partial charge is 0.455 e. The van der Waals surface area contributed by atoms with Crippen molar-refractivity contribution in [3.05, 3.63) is 33.8 Å². The van der Waals surface area contributed by atoms with Crippen molar-refractivity contribution in [3.8, 4) is 0 Å². The topological polar surface area (TPSA) is 26.0 Å². The average Bonchev–Trinajstić information content (AvgIpc) is 2.14. The van der Waals surface area contributed by atoms with Crippen LogP contribution in [0.15, 0.2) is 22.7 Å². The maximum absolute atomic E-state index is 13.0. The standard InChI is InChI=1S/C10H9BrF5N.ClH/c1-5-2-3-6(7(11)4-5)8(17)9(12,13)10(14,15)16;/h2-4,8H,17H2,1H3;1H/t8-;/m1./s1. The third kappa shape index (κ3) is 3.33. The minimum absolute atomic E-state index is 0. The zero-order valence-electron chi connectivity index (χ0n) is 9.06. The van der Waals surface area contributed by atoms with Crippen LogP contribution in [0, 0.1) is 6.92 Å². The molecule has 0 aliphatic carbocycles. The first-order valence-electron chi connectivity index (χ1n) is 4.53. The van der Waals surface area contributed by atoms with Crippen molar-refractivity contribution in [2.24, 2.45) is 5.73 Å². The molecule has 0 saturated heterocycles. The summed E-state index contributed by atoms with van der Waals surface area (Å²) in [6.45, 7) is 1.68. The molecule has 2 N–H and O–H groups in total. The summed E-state index contributed by atoms with van der Waals surface area (Å²) in [5, 5.41) is 0. The van der Waals surface area contributed by atoms with Gasteiger partial charge in [0.25, 0.3) is 0 Å². The van der Waals surface area contributed by atoms with E-state index in [1.807, 2.05) is 0 Å². The van der Waals surface area contributed by atoms with Crippen LogP contribution in [0.1, 0.15) is 17.2 Å². The van der Waals surface area contributed by atoms with Gasteiger partial charge in [0, 0.05) is 4.47 Å². The van der Waals surface area contributed by atoms with Gasteiger partial charge in [-0.05, 0) is 24.1 Å². The van der Waals surface area contributed by atoms with Gasteiger partial charge in [-0.15, -0.1) is 12.4 Å². The van der Waals surface area contributed by atoms with Crippen LogP contribution in [0.4, 0.5) is 22.0 Å². The fourth-order valence-electron chi connectivity index (χ4n) is 1.26. The van der Waals surface area contributed by atoms with E-state index in [4.69, 9.17) is 5.73 Å². The van der Waals surface area contributed by atoms with Crippen molar-refractivity contribution in [1.82, 2.24) is 0 Å². The Morgan fingerprint density at radius 1 is 1.17 bits per heavy atom. The van der Waals surface area contributed by atoms with E-state index in [0.717, 1.165) is 11.6 Å². The number of halogens is 7. The highest BCUT2D eigenvalue weighted by atomic mass is 79.9. The molecule has 0 amide bonds. The van der Waals surface area contributed by atoms with Crippen LogP contribution >= 0.6 is 28.3 Å². The molecule has 0 radical (unpaired) electrons. The molecule has 0 aliphatic rings. The Kier molecular flexibility index (Phi) is 5.58. The van der Waals surface area contributed by atoms with Gasteiger partial charge in [-0.3, -0.25) is 0 Å². The molecule has 1 nitrogen and oxygen atoms in total. The SMILES string of the molecule is Cc1ccc([C@@H](N)C(F)(F)C(F)(F)F)c(Br)c1.Cl. The van der Waals surface area contributed by atoms with Crippen molar-refractivity contribution in [2.75, 3.05) is 0 Å². The summed E-state index contributed by atoms with van der Waals surface area (Å²) in [4.78, 5) is 0. The number of alkyl halides is 5. The monoisotopic (exact) mass is 353 g/mol. The Morgan fingerprint density at radius 3 is 2.06 bits per heavy atom. The van der Waals surface area contributed by atoms with E-state index in [2.05, 4.69) is 15.9 Å². The van der Waals surface area contributed by atoms with E-state index >= 15 is 0 Å². The van der Waals surface area contributed by atoms with Gasteiger partial charge in [0.05, 0.1) is 0 Å². The van der Waals surface area contributed by atoms with Crippen molar-refractivity contribution >= 4 is 28.3 Å². The zero-order chi connectivity index (χ0) is 13.4. The lowest BCUT2D eigenvalue weighted by atomic mass is 10.00. The molecule has 104 valence electrons. The fraction of sp³-hybridized carbons (Fsp3) is 0.400. The summed E-state index contributed by atoms with van der Waals surface area (Å²) in [6, 6.07) is 1.58. The van der Waals surface area contributed by atoms with Gasteiger partial charge < -0.3 is 5.73 Å². The first kappa shape index (κ1) is 17.6. The van der Waals surface area contributed by atoms with Gasteiger partial charge in [-0.1, -0.05) is 28.1 Å². The summed E-state index contributed by atoms with van der Waals surface area (Å²) in [7, 11) is 0. The smallest absolute Gasteiger partial charge is 0.319 e. The van der Waals surface area contributed by atoms with Gasteiger partial charge >= 0.3 is 12.1 Å². The number of benzene rings is 1. The lowest BCUT2D eigenvalue weighted by Crippen LogP contribution is -2.46. The van der Waals surface area contributed by atoms with Crippen LogP contribution in [-0.2, 0) is 0 Å². The molecule has 1 atom stereocenters. The molecule has 0 spiro atoms. The Morgan fingerprint density at radius 2 is 1.67 bits per heavy atom. The quantitative estimate of drug-likeness (QED) is 0.784. The molecule has 0 aliphatic heterocycles. The Balaban J connectivity index is 0.00000289. The lowest BCUT2D eigenvalue weighted by Gasteiger charge is -2.26. The number of hydrogen-bond acceptors (Lipinski definition) is 1. The highest BCUT2D eigenvalue weighted by molar-refractivity contribution is 9.10. The Bertz CT molecular complexity index is 421. The predicted octanol–water partition coefficient (Wildman–Crippen LogP) is 4.38. The first-order chi connectivity index (χ1) is 7.57. The zero-order valence-corrected chi connectivity index (χ0v) is 11.5. The summed E-state index contributed by atoms with van der Waals surface area (Å²) in [6.07, 6.45) is -5.67. The Hall–Kier alpha value is -0.400.